The number of hydrogen-bond donors (Lipinski definition) is 1. The third-order valence-electron chi connectivity index (χ3n) is 2.79. The maximum atomic E-state index is 4.37. The van der Waals surface area contributed by atoms with Gasteiger partial charge in [0.15, 0.2) is 0 Å². The molecule has 0 amide bonds. The number of thioether (sulfide) groups is 1. The van der Waals surface area contributed by atoms with Gasteiger partial charge in [-0.1, -0.05) is 6.92 Å². The molecule has 15 heavy (non-hydrogen) atoms. The van der Waals surface area contributed by atoms with Gasteiger partial charge in [0.25, 0.3) is 0 Å². The minimum absolute atomic E-state index is 0.674. The Morgan fingerprint density at radius 1 is 1.60 bits per heavy atom. The van der Waals surface area contributed by atoms with Gasteiger partial charge >= 0.3 is 0 Å². The Bertz CT molecular complexity index is 311. The molecule has 1 aromatic heterocycles. The standard InChI is InChI=1S/C11H18N2S2/c1-8-6-13-11(15-8)7-12-10-4-3-5-14-9(10)2/h6,9-10,12H,3-5,7H2,1-2H3. The molecule has 0 aromatic carbocycles. The maximum Gasteiger partial charge on any atom is 0.107 e. The van der Waals surface area contributed by atoms with Gasteiger partial charge in [0.2, 0.25) is 0 Å². The van der Waals surface area contributed by atoms with Crippen LogP contribution in [0.5, 0.6) is 0 Å². The molecule has 1 aliphatic rings. The largest absolute Gasteiger partial charge is 0.307 e. The first-order valence-corrected chi connectivity index (χ1v) is 7.38. The van der Waals surface area contributed by atoms with Crippen LogP contribution in [0.15, 0.2) is 6.20 Å². The van der Waals surface area contributed by atoms with Crippen molar-refractivity contribution in [3.8, 4) is 0 Å². The molecule has 1 N–H and O–H groups in total. The van der Waals surface area contributed by atoms with Crippen molar-refractivity contribution in [1.29, 1.82) is 0 Å². The number of aryl methyl sites for hydroxylation is 1. The van der Waals surface area contributed by atoms with Crippen molar-refractivity contribution in [2.75, 3.05) is 5.75 Å². The molecule has 2 unspecified atom stereocenters. The molecule has 1 aliphatic heterocycles. The summed E-state index contributed by atoms with van der Waals surface area (Å²) in [5.74, 6) is 1.33. The molecule has 0 spiro atoms. The summed E-state index contributed by atoms with van der Waals surface area (Å²) in [6.07, 6.45) is 4.63. The highest BCUT2D eigenvalue weighted by atomic mass is 32.2. The van der Waals surface area contributed by atoms with E-state index in [0.717, 1.165) is 11.8 Å². The van der Waals surface area contributed by atoms with E-state index in [9.17, 15) is 0 Å². The molecule has 0 radical (unpaired) electrons. The zero-order valence-corrected chi connectivity index (χ0v) is 11.0. The van der Waals surface area contributed by atoms with Crippen LogP contribution in [-0.4, -0.2) is 22.0 Å². The maximum absolute atomic E-state index is 4.37. The van der Waals surface area contributed by atoms with Gasteiger partial charge in [0.05, 0.1) is 0 Å². The molecule has 4 heteroatoms. The summed E-state index contributed by atoms with van der Waals surface area (Å²) in [6.45, 7) is 5.38. The fourth-order valence-corrected chi connectivity index (χ4v) is 3.80. The van der Waals surface area contributed by atoms with Crippen molar-refractivity contribution in [3.05, 3.63) is 16.1 Å². The molecule has 1 fully saturated rings. The predicted molar refractivity (Wildman–Crippen MR) is 68.6 cm³/mol. The van der Waals surface area contributed by atoms with E-state index >= 15 is 0 Å². The van der Waals surface area contributed by atoms with Gasteiger partial charge in [-0.15, -0.1) is 11.3 Å². The number of hydrogen-bond acceptors (Lipinski definition) is 4. The van der Waals surface area contributed by atoms with Crippen LogP contribution < -0.4 is 5.32 Å². The van der Waals surface area contributed by atoms with E-state index in [4.69, 9.17) is 0 Å². The summed E-state index contributed by atoms with van der Waals surface area (Å²) in [4.78, 5) is 5.68. The Balaban J connectivity index is 1.81. The van der Waals surface area contributed by atoms with Gasteiger partial charge in [0.1, 0.15) is 5.01 Å². The van der Waals surface area contributed by atoms with Crippen molar-refractivity contribution in [2.24, 2.45) is 0 Å². The first-order chi connectivity index (χ1) is 7.25. The lowest BCUT2D eigenvalue weighted by Crippen LogP contribution is -2.38. The van der Waals surface area contributed by atoms with Crippen LogP contribution in [0.25, 0.3) is 0 Å². The van der Waals surface area contributed by atoms with Crippen LogP contribution in [0, 0.1) is 6.92 Å². The van der Waals surface area contributed by atoms with Crippen molar-refractivity contribution in [3.63, 3.8) is 0 Å². The predicted octanol–water partition coefficient (Wildman–Crippen LogP) is 2.83. The van der Waals surface area contributed by atoms with Gasteiger partial charge in [0, 0.05) is 28.9 Å². The van der Waals surface area contributed by atoms with E-state index in [1.165, 1.54) is 28.5 Å². The Labute approximate surface area is 99.9 Å². The Morgan fingerprint density at radius 2 is 2.47 bits per heavy atom. The van der Waals surface area contributed by atoms with Crippen molar-refractivity contribution < 1.29 is 0 Å². The topological polar surface area (TPSA) is 24.9 Å². The third kappa shape index (κ3) is 3.20. The van der Waals surface area contributed by atoms with Crippen LogP contribution in [0.1, 0.15) is 29.7 Å². The summed E-state index contributed by atoms with van der Waals surface area (Å²) in [5, 5.41) is 5.60. The van der Waals surface area contributed by atoms with E-state index in [1.54, 1.807) is 11.3 Å². The summed E-state index contributed by atoms with van der Waals surface area (Å²) in [7, 11) is 0. The van der Waals surface area contributed by atoms with Gasteiger partial charge < -0.3 is 5.32 Å². The normalized spacial score (nSPS) is 26.8. The van der Waals surface area contributed by atoms with Crippen molar-refractivity contribution in [2.45, 2.75) is 44.5 Å². The quantitative estimate of drug-likeness (QED) is 0.882. The fraction of sp³-hybridized carbons (Fsp3) is 0.727. The molecule has 2 atom stereocenters. The lowest BCUT2D eigenvalue weighted by Gasteiger charge is -2.28. The van der Waals surface area contributed by atoms with E-state index in [2.05, 4.69) is 35.9 Å². The number of aromatic nitrogens is 1. The van der Waals surface area contributed by atoms with Gasteiger partial charge in [-0.05, 0) is 25.5 Å². The lowest BCUT2D eigenvalue weighted by molar-refractivity contribution is 0.461. The number of rotatable bonds is 3. The molecule has 0 bridgehead atoms. The fourth-order valence-electron chi connectivity index (χ4n) is 1.89. The highest BCUT2D eigenvalue weighted by molar-refractivity contribution is 7.99. The Morgan fingerprint density at radius 3 is 3.13 bits per heavy atom. The molecular formula is C11H18N2S2. The number of nitrogens with one attached hydrogen (secondary N) is 1. The molecule has 2 heterocycles. The van der Waals surface area contributed by atoms with Crippen LogP contribution in [0.4, 0.5) is 0 Å². The molecule has 2 nitrogen and oxygen atoms in total. The second kappa shape index (κ2) is 5.32. The average Bonchev–Trinajstić information content (AvgIpc) is 2.63. The molecular weight excluding hydrogens is 224 g/mol. The summed E-state index contributed by atoms with van der Waals surface area (Å²) < 4.78 is 0. The zero-order valence-electron chi connectivity index (χ0n) is 9.32. The smallest absolute Gasteiger partial charge is 0.107 e. The van der Waals surface area contributed by atoms with Crippen molar-refractivity contribution >= 4 is 23.1 Å². The number of nitrogens with zero attached hydrogens (tertiary/aromatic N) is 1. The van der Waals surface area contributed by atoms with Gasteiger partial charge in [-0.2, -0.15) is 11.8 Å². The van der Waals surface area contributed by atoms with Gasteiger partial charge in [-0.25, -0.2) is 4.98 Å². The van der Waals surface area contributed by atoms with E-state index in [1.807, 2.05) is 6.20 Å². The Kier molecular flexibility index (Phi) is 4.05. The molecule has 1 aromatic rings. The second-order valence-electron chi connectivity index (χ2n) is 4.07. The summed E-state index contributed by atoms with van der Waals surface area (Å²) >= 11 is 3.88. The zero-order chi connectivity index (χ0) is 10.7. The molecule has 84 valence electrons. The van der Waals surface area contributed by atoms with E-state index in [-0.39, 0.29) is 0 Å². The molecule has 2 rings (SSSR count). The second-order valence-corrected chi connectivity index (χ2v) is 6.87. The van der Waals surface area contributed by atoms with Crippen LogP contribution in [-0.2, 0) is 6.54 Å². The van der Waals surface area contributed by atoms with Crippen molar-refractivity contribution in [1.82, 2.24) is 10.3 Å². The Hall–Kier alpha value is -0.0600. The third-order valence-corrected chi connectivity index (χ3v) is 5.08. The lowest BCUT2D eigenvalue weighted by atomic mass is 10.1. The minimum Gasteiger partial charge on any atom is -0.307 e. The highest BCUT2D eigenvalue weighted by Gasteiger charge is 2.21. The highest BCUT2D eigenvalue weighted by Crippen LogP contribution is 2.25. The van der Waals surface area contributed by atoms with Gasteiger partial charge in [-0.3, -0.25) is 0 Å². The molecule has 0 aliphatic carbocycles. The molecule has 0 saturated carbocycles. The van der Waals surface area contributed by atoms with E-state index in [0.29, 0.717) is 6.04 Å². The monoisotopic (exact) mass is 242 g/mol. The summed E-state index contributed by atoms with van der Waals surface area (Å²) in [6, 6.07) is 0.674. The first-order valence-electron chi connectivity index (χ1n) is 5.52. The van der Waals surface area contributed by atoms with Crippen LogP contribution in [0.3, 0.4) is 0 Å². The minimum atomic E-state index is 0.674. The van der Waals surface area contributed by atoms with Crippen LogP contribution in [0.2, 0.25) is 0 Å². The first kappa shape index (κ1) is 11.4. The van der Waals surface area contributed by atoms with Crippen LogP contribution >= 0.6 is 23.1 Å². The summed E-state index contributed by atoms with van der Waals surface area (Å²) in [5.41, 5.74) is 0. The number of thiazole rings is 1. The molecule has 1 saturated heterocycles. The average molecular weight is 242 g/mol. The SMILES string of the molecule is Cc1cnc(CNC2CCCSC2C)s1. The van der Waals surface area contributed by atoms with E-state index < -0.39 is 0 Å².